The number of nitrogens with one attached hydrogen (secondary N) is 2. The van der Waals surface area contributed by atoms with Crippen molar-refractivity contribution in [2.45, 2.75) is 13.0 Å². The van der Waals surface area contributed by atoms with Crippen LogP contribution in [0.25, 0.3) is 0 Å². The molecule has 10 heteroatoms. The summed E-state index contributed by atoms with van der Waals surface area (Å²) in [6, 6.07) is 5.21. The van der Waals surface area contributed by atoms with Gasteiger partial charge in [-0.3, -0.25) is 9.59 Å². The Morgan fingerprint density at radius 2 is 2.04 bits per heavy atom. The predicted octanol–water partition coefficient (Wildman–Crippen LogP) is -0.195. The first-order chi connectivity index (χ1) is 13.4. The summed E-state index contributed by atoms with van der Waals surface area (Å²) in [4.78, 5) is 51.6. The summed E-state index contributed by atoms with van der Waals surface area (Å²) in [6.45, 7) is 1.35. The normalized spacial score (nSPS) is 19.4. The van der Waals surface area contributed by atoms with Crippen molar-refractivity contribution in [3.05, 3.63) is 35.5 Å². The van der Waals surface area contributed by atoms with Gasteiger partial charge in [0.2, 0.25) is 0 Å². The Bertz CT molecular complexity index is 881. The van der Waals surface area contributed by atoms with Crippen LogP contribution in [0.5, 0.6) is 0 Å². The van der Waals surface area contributed by atoms with Crippen LogP contribution in [-0.4, -0.2) is 66.7 Å². The fourth-order valence-electron chi connectivity index (χ4n) is 3.09. The molecule has 148 valence electrons. The molecule has 3 rings (SSSR count). The number of methoxy groups -OCH3 is 1. The standard InChI is InChI=1S/C18H20N4O6/c1-10-15(24)22(18(27)19-10)13-6-4-3-5-12(13)20-14-11(17(26)28-2)9-21(7-8-23)16(14)25/h3-6,10,20,23H,7-9H2,1-2H3,(H,19,27). The van der Waals surface area contributed by atoms with Gasteiger partial charge in [-0.25, -0.2) is 14.5 Å². The Morgan fingerprint density at radius 3 is 2.64 bits per heavy atom. The van der Waals surface area contributed by atoms with E-state index in [-0.39, 0.29) is 36.7 Å². The maximum absolute atomic E-state index is 12.7. The molecular weight excluding hydrogens is 368 g/mol. The van der Waals surface area contributed by atoms with Crippen LogP contribution < -0.4 is 15.5 Å². The Labute approximate surface area is 160 Å². The van der Waals surface area contributed by atoms with Gasteiger partial charge in [0.05, 0.1) is 37.2 Å². The second-order valence-electron chi connectivity index (χ2n) is 6.28. The van der Waals surface area contributed by atoms with E-state index in [0.29, 0.717) is 5.69 Å². The molecule has 2 aliphatic rings. The van der Waals surface area contributed by atoms with Crippen LogP contribution in [0.2, 0.25) is 0 Å². The van der Waals surface area contributed by atoms with E-state index < -0.39 is 29.9 Å². The summed E-state index contributed by atoms with van der Waals surface area (Å²) in [6.07, 6.45) is 0. The number of anilines is 2. The molecule has 2 aliphatic heterocycles. The van der Waals surface area contributed by atoms with Gasteiger partial charge in [-0.2, -0.15) is 0 Å². The van der Waals surface area contributed by atoms with Crippen LogP contribution in [0.15, 0.2) is 35.5 Å². The van der Waals surface area contributed by atoms with Crippen LogP contribution >= 0.6 is 0 Å². The minimum atomic E-state index is -0.683. The Morgan fingerprint density at radius 1 is 1.32 bits per heavy atom. The van der Waals surface area contributed by atoms with Crippen LogP contribution in [0.4, 0.5) is 16.2 Å². The number of para-hydroxylation sites is 2. The van der Waals surface area contributed by atoms with Gasteiger partial charge in [0.15, 0.2) is 0 Å². The highest BCUT2D eigenvalue weighted by Crippen LogP contribution is 2.31. The van der Waals surface area contributed by atoms with Crippen molar-refractivity contribution in [2.75, 3.05) is 37.0 Å². The number of carbonyl (C=O) groups is 4. The van der Waals surface area contributed by atoms with Gasteiger partial charge in [-0.05, 0) is 19.1 Å². The van der Waals surface area contributed by atoms with Crippen molar-refractivity contribution in [3.63, 3.8) is 0 Å². The van der Waals surface area contributed by atoms with Crippen LogP contribution in [0.3, 0.4) is 0 Å². The number of nitrogens with zero attached hydrogens (tertiary/aromatic N) is 2. The number of rotatable bonds is 6. The molecule has 1 saturated heterocycles. The predicted molar refractivity (Wildman–Crippen MR) is 98.3 cm³/mol. The maximum Gasteiger partial charge on any atom is 0.337 e. The van der Waals surface area contributed by atoms with Crippen LogP contribution in [-0.2, 0) is 19.1 Å². The molecule has 0 bridgehead atoms. The quantitative estimate of drug-likeness (QED) is 0.455. The molecule has 28 heavy (non-hydrogen) atoms. The molecule has 0 aromatic heterocycles. The third kappa shape index (κ3) is 3.29. The molecule has 0 radical (unpaired) electrons. The summed E-state index contributed by atoms with van der Waals surface area (Å²) >= 11 is 0. The topological polar surface area (TPSA) is 128 Å². The highest BCUT2D eigenvalue weighted by atomic mass is 16.5. The lowest BCUT2D eigenvalue weighted by atomic mass is 10.2. The van der Waals surface area contributed by atoms with Gasteiger partial charge in [-0.15, -0.1) is 0 Å². The average Bonchev–Trinajstić information content (AvgIpc) is 3.12. The van der Waals surface area contributed by atoms with Crippen molar-refractivity contribution in [1.29, 1.82) is 0 Å². The zero-order valence-corrected chi connectivity index (χ0v) is 15.4. The summed E-state index contributed by atoms with van der Waals surface area (Å²) in [7, 11) is 1.20. The fraction of sp³-hybridized carbons (Fsp3) is 0.333. The zero-order chi connectivity index (χ0) is 20.4. The number of aliphatic hydroxyl groups excluding tert-OH is 1. The zero-order valence-electron chi connectivity index (χ0n) is 15.4. The van der Waals surface area contributed by atoms with E-state index in [4.69, 9.17) is 9.84 Å². The summed E-state index contributed by atoms with van der Waals surface area (Å²) < 4.78 is 4.75. The van der Waals surface area contributed by atoms with Gasteiger partial charge >= 0.3 is 12.0 Å². The third-order valence-corrected chi connectivity index (χ3v) is 4.49. The first-order valence-electron chi connectivity index (χ1n) is 8.61. The summed E-state index contributed by atoms with van der Waals surface area (Å²) in [5.41, 5.74) is 0.629. The molecule has 1 atom stereocenters. The number of urea groups is 1. The number of benzene rings is 1. The second-order valence-corrected chi connectivity index (χ2v) is 6.28. The van der Waals surface area contributed by atoms with Crippen molar-refractivity contribution in [1.82, 2.24) is 10.2 Å². The SMILES string of the molecule is COC(=O)C1=C(Nc2ccccc2N2C(=O)NC(C)C2=O)C(=O)N(CCO)C1. The first kappa shape index (κ1) is 19.4. The number of β-amino-alcohol motifs (C(OH)–C–C–N with tert-alkyl or cyclic N) is 1. The van der Waals surface area contributed by atoms with Crippen molar-refractivity contribution in [2.24, 2.45) is 0 Å². The molecule has 1 unspecified atom stereocenters. The highest BCUT2D eigenvalue weighted by Gasteiger charge is 2.39. The third-order valence-electron chi connectivity index (χ3n) is 4.49. The lowest BCUT2D eigenvalue weighted by Gasteiger charge is -2.19. The van der Waals surface area contributed by atoms with Crippen LogP contribution in [0.1, 0.15) is 6.92 Å². The number of esters is 1. The highest BCUT2D eigenvalue weighted by molar-refractivity contribution is 6.22. The van der Waals surface area contributed by atoms with Crippen LogP contribution in [0, 0.1) is 0 Å². The first-order valence-corrected chi connectivity index (χ1v) is 8.61. The van der Waals surface area contributed by atoms with Gasteiger partial charge in [0, 0.05) is 6.54 Å². The molecule has 2 heterocycles. The van der Waals surface area contributed by atoms with E-state index in [9.17, 15) is 19.2 Å². The largest absolute Gasteiger partial charge is 0.466 e. The van der Waals surface area contributed by atoms with E-state index in [1.807, 2.05) is 0 Å². The molecule has 1 aromatic carbocycles. The number of hydrogen-bond acceptors (Lipinski definition) is 7. The van der Waals surface area contributed by atoms with Gasteiger partial charge < -0.3 is 25.4 Å². The van der Waals surface area contributed by atoms with E-state index in [1.54, 1.807) is 31.2 Å². The minimum absolute atomic E-state index is 0.0171. The number of ether oxygens (including phenoxy) is 1. The minimum Gasteiger partial charge on any atom is -0.466 e. The van der Waals surface area contributed by atoms with Crippen molar-refractivity contribution < 1.29 is 29.0 Å². The average molecular weight is 388 g/mol. The lowest BCUT2D eigenvalue weighted by Crippen LogP contribution is -2.33. The Balaban J connectivity index is 1.99. The van der Waals surface area contributed by atoms with E-state index in [2.05, 4.69) is 10.6 Å². The Hall–Kier alpha value is -3.40. The molecular formula is C18H20N4O6. The second kappa shape index (κ2) is 7.69. The molecule has 0 aliphatic carbocycles. The molecule has 1 fully saturated rings. The number of imide groups is 1. The van der Waals surface area contributed by atoms with E-state index in [0.717, 1.165) is 4.90 Å². The monoisotopic (exact) mass is 388 g/mol. The molecule has 4 amide bonds. The van der Waals surface area contributed by atoms with E-state index in [1.165, 1.54) is 12.0 Å². The smallest absolute Gasteiger partial charge is 0.337 e. The Kier molecular flexibility index (Phi) is 5.32. The van der Waals surface area contributed by atoms with Gasteiger partial charge in [-0.1, -0.05) is 12.1 Å². The fourth-order valence-corrected chi connectivity index (χ4v) is 3.09. The molecule has 0 saturated carbocycles. The molecule has 1 aromatic rings. The number of carbonyl (C=O) groups excluding carboxylic acids is 4. The number of amides is 4. The van der Waals surface area contributed by atoms with Crippen molar-refractivity contribution >= 4 is 35.2 Å². The van der Waals surface area contributed by atoms with Gasteiger partial charge in [0.1, 0.15) is 11.7 Å². The summed E-state index contributed by atoms with van der Waals surface area (Å²) in [5, 5.41) is 14.5. The van der Waals surface area contributed by atoms with E-state index >= 15 is 0 Å². The summed E-state index contributed by atoms with van der Waals surface area (Å²) in [5.74, 6) is -1.60. The number of hydrogen-bond donors (Lipinski definition) is 3. The van der Waals surface area contributed by atoms with Crippen molar-refractivity contribution in [3.8, 4) is 0 Å². The maximum atomic E-state index is 12.7. The molecule has 10 nitrogen and oxygen atoms in total. The molecule has 0 spiro atoms. The lowest BCUT2D eigenvalue weighted by molar-refractivity contribution is -0.136. The number of aliphatic hydroxyl groups is 1. The molecule has 3 N–H and O–H groups in total. The van der Waals surface area contributed by atoms with Gasteiger partial charge in [0.25, 0.3) is 11.8 Å².